The van der Waals surface area contributed by atoms with Crippen LogP contribution in [-0.4, -0.2) is 46.8 Å². The average Bonchev–Trinajstić information content (AvgIpc) is 3.13. The first-order chi connectivity index (χ1) is 12.1. The van der Waals surface area contributed by atoms with E-state index in [1.807, 2.05) is 17.9 Å². The summed E-state index contributed by atoms with van der Waals surface area (Å²) in [4.78, 5) is 15.3. The average molecular weight is 355 g/mol. The van der Waals surface area contributed by atoms with Crippen molar-refractivity contribution in [3.05, 3.63) is 34.6 Å². The fourth-order valence-corrected chi connectivity index (χ4v) is 2.77. The van der Waals surface area contributed by atoms with Gasteiger partial charge in [-0.05, 0) is 49.8 Å². The molecule has 25 heavy (non-hydrogen) atoms. The summed E-state index contributed by atoms with van der Waals surface area (Å²) in [5.74, 6) is 6.62. The topological polar surface area (TPSA) is 77.3 Å². The standard InChI is InChI=1S/C18H19ClN6/c1-12-14(23-16-11-13(19)5-6-15(16)22-12)7-8-17(21-2)24-18(20)25-9-3-4-10-25/h5-6,11H,3-4,9-10H2,1-2H3,(H2,20,21,24). The lowest BCUT2D eigenvalue weighted by atomic mass is 10.2. The van der Waals surface area contributed by atoms with E-state index in [1.165, 1.54) is 0 Å². The van der Waals surface area contributed by atoms with Gasteiger partial charge in [-0.25, -0.2) is 9.97 Å². The molecule has 2 heterocycles. The minimum atomic E-state index is 0.240. The molecule has 0 aliphatic carbocycles. The Hall–Kier alpha value is -2.65. The van der Waals surface area contributed by atoms with Gasteiger partial charge in [0.2, 0.25) is 5.96 Å². The first kappa shape index (κ1) is 17.2. The molecule has 0 bridgehead atoms. The molecule has 0 spiro atoms. The third-order valence-corrected chi connectivity index (χ3v) is 4.20. The highest BCUT2D eigenvalue weighted by molar-refractivity contribution is 6.31. The molecule has 1 aliphatic heterocycles. The number of guanidine groups is 1. The number of nitrogens with one attached hydrogen (secondary N) is 2. The summed E-state index contributed by atoms with van der Waals surface area (Å²) in [5, 5.41) is 11.6. The molecule has 6 nitrogen and oxygen atoms in total. The summed E-state index contributed by atoms with van der Waals surface area (Å²) in [5.41, 5.74) is 2.80. The van der Waals surface area contributed by atoms with Gasteiger partial charge in [0.1, 0.15) is 5.69 Å². The highest BCUT2D eigenvalue weighted by Gasteiger charge is 2.14. The lowest BCUT2D eigenvalue weighted by Gasteiger charge is -2.14. The number of aryl methyl sites for hydroxylation is 1. The molecule has 1 aromatic carbocycles. The number of amidine groups is 1. The fraction of sp³-hybridized carbons (Fsp3) is 0.333. The Morgan fingerprint density at radius 3 is 2.76 bits per heavy atom. The summed E-state index contributed by atoms with van der Waals surface area (Å²) in [6, 6.07) is 5.40. The van der Waals surface area contributed by atoms with Crippen molar-refractivity contribution in [1.82, 2.24) is 20.2 Å². The molecular weight excluding hydrogens is 336 g/mol. The van der Waals surface area contributed by atoms with Crippen LogP contribution in [0.2, 0.25) is 5.02 Å². The van der Waals surface area contributed by atoms with Crippen LogP contribution in [0.3, 0.4) is 0 Å². The van der Waals surface area contributed by atoms with Crippen molar-refractivity contribution in [2.24, 2.45) is 4.99 Å². The van der Waals surface area contributed by atoms with Gasteiger partial charge >= 0.3 is 0 Å². The van der Waals surface area contributed by atoms with Gasteiger partial charge in [-0.2, -0.15) is 4.99 Å². The molecule has 0 radical (unpaired) electrons. The van der Waals surface area contributed by atoms with Crippen molar-refractivity contribution < 1.29 is 0 Å². The number of likely N-dealkylation sites (tertiary alicyclic amines) is 1. The summed E-state index contributed by atoms with van der Waals surface area (Å²) in [7, 11) is 1.74. The Morgan fingerprint density at radius 1 is 1.28 bits per heavy atom. The first-order valence-corrected chi connectivity index (χ1v) is 8.50. The van der Waals surface area contributed by atoms with Gasteiger partial charge in [-0.3, -0.25) is 5.41 Å². The van der Waals surface area contributed by atoms with Crippen molar-refractivity contribution in [3.63, 3.8) is 0 Å². The third-order valence-electron chi connectivity index (χ3n) is 3.96. The van der Waals surface area contributed by atoms with Crippen LogP contribution < -0.4 is 5.32 Å². The summed E-state index contributed by atoms with van der Waals surface area (Å²) >= 11 is 6.02. The molecule has 1 fully saturated rings. The number of nitrogens with zero attached hydrogens (tertiary/aromatic N) is 4. The molecule has 0 atom stereocenters. The van der Waals surface area contributed by atoms with E-state index >= 15 is 0 Å². The first-order valence-electron chi connectivity index (χ1n) is 8.12. The minimum Gasteiger partial charge on any atom is -0.366 e. The van der Waals surface area contributed by atoms with E-state index in [-0.39, 0.29) is 5.96 Å². The largest absolute Gasteiger partial charge is 0.366 e. The SMILES string of the molecule is CN/C(C#Cc1nc2cc(Cl)ccc2nc1C)=N\C(=N)N1CCCC1. The van der Waals surface area contributed by atoms with Gasteiger partial charge in [0.15, 0.2) is 5.84 Å². The predicted molar refractivity (Wildman–Crippen MR) is 101 cm³/mol. The van der Waals surface area contributed by atoms with Crippen LogP contribution in [-0.2, 0) is 0 Å². The number of fused-ring (bicyclic) bond motifs is 1. The van der Waals surface area contributed by atoms with E-state index < -0.39 is 0 Å². The molecule has 0 amide bonds. The molecule has 7 heteroatoms. The molecule has 3 rings (SSSR count). The summed E-state index contributed by atoms with van der Waals surface area (Å²) in [6.45, 7) is 3.62. The zero-order valence-electron chi connectivity index (χ0n) is 14.2. The van der Waals surface area contributed by atoms with Gasteiger partial charge in [0.05, 0.1) is 16.7 Å². The molecule has 1 saturated heterocycles. The van der Waals surface area contributed by atoms with Gasteiger partial charge in [0.25, 0.3) is 0 Å². The van der Waals surface area contributed by atoms with E-state index in [4.69, 9.17) is 17.0 Å². The van der Waals surface area contributed by atoms with E-state index in [2.05, 4.69) is 32.1 Å². The van der Waals surface area contributed by atoms with Gasteiger partial charge in [-0.1, -0.05) is 11.6 Å². The number of benzene rings is 1. The van der Waals surface area contributed by atoms with Crippen molar-refractivity contribution in [2.45, 2.75) is 19.8 Å². The maximum Gasteiger partial charge on any atom is 0.220 e. The second-order valence-corrected chi connectivity index (χ2v) is 6.21. The maximum atomic E-state index is 8.06. The van der Waals surface area contributed by atoms with Crippen molar-refractivity contribution >= 4 is 34.4 Å². The highest BCUT2D eigenvalue weighted by atomic mass is 35.5. The smallest absolute Gasteiger partial charge is 0.220 e. The monoisotopic (exact) mass is 354 g/mol. The molecule has 2 aromatic rings. The van der Waals surface area contributed by atoms with E-state index in [0.717, 1.165) is 37.1 Å². The zero-order valence-corrected chi connectivity index (χ0v) is 15.0. The lowest BCUT2D eigenvalue weighted by molar-refractivity contribution is 0.510. The third kappa shape index (κ3) is 4.06. The number of aliphatic imine (C=N–C) groups is 1. The van der Waals surface area contributed by atoms with E-state index in [1.54, 1.807) is 19.2 Å². The zero-order chi connectivity index (χ0) is 17.8. The van der Waals surface area contributed by atoms with Crippen LogP contribution in [0.25, 0.3) is 11.0 Å². The normalized spacial score (nSPS) is 14.4. The number of rotatable bonds is 0. The molecule has 128 valence electrons. The van der Waals surface area contributed by atoms with Crippen molar-refractivity contribution in [2.75, 3.05) is 20.1 Å². The van der Waals surface area contributed by atoms with Crippen LogP contribution in [0.15, 0.2) is 23.2 Å². The lowest BCUT2D eigenvalue weighted by Crippen LogP contribution is -2.28. The summed E-state index contributed by atoms with van der Waals surface area (Å²) < 4.78 is 0. The van der Waals surface area contributed by atoms with Crippen LogP contribution in [0.1, 0.15) is 24.2 Å². The van der Waals surface area contributed by atoms with Crippen LogP contribution in [0, 0.1) is 24.2 Å². The predicted octanol–water partition coefficient (Wildman–Crippen LogP) is 2.59. The molecule has 0 saturated carbocycles. The Bertz CT molecular complexity index is 903. The van der Waals surface area contributed by atoms with Gasteiger partial charge in [-0.15, -0.1) is 0 Å². The Kier molecular flexibility index (Phi) is 5.15. The Morgan fingerprint density at radius 2 is 2.04 bits per heavy atom. The quantitative estimate of drug-likeness (QED) is 0.433. The highest BCUT2D eigenvalue weighted by Crippen LogP contribution is 2.17. The molecule has 1 aromatic heterocycles. The van der Waals surface area contributed by atoms with Crippen molar-refractivity contribution in [1.29, 1.82) is 5.41 Å². The van der Waals surface area contributed by atoms with Gasteiger partial charge in [0, 0.05) is 25.2 Å². The van der Waals surface area contributed by atoms with E-state index in [9.17, 15) is 0 Å². The molecule has 2 N–H and O–H groups in total. The Labute approximate surface area is 151 Å². The number of hydrogen-bond acceptors (Lipinski definition) is 3. The van der Waals surface area contributed by atoms with Crippen LogP contribution >= 0.6 is 11.6 Å². The minimum absolute atomic E-state index is 0.240. The van der Waals surface area contributed by atoms with Crippen molar-refractivity contribution in [3.8, 4) is 11.8 Å². The second kappa shape index (κ2) is 7.49. The van der Waals surface area contributed by atoms with Gasteiger partial charge < -0.3 is 10.2 Å². The molecule has 1 aliphatic rings. The second-order valence-electron chi connectivity index (χ2n) is 5.77. The Balaban J connectivity index is 1.89. The van der Waals surface area contributed by atoms with Crippen LogP contribution in [0.4, 0.5) is 0 Å². The number of halogens is 1. The fourth-order valence-electron chi connectivity index (χ4n) is 2.60. The van der Waals surface area contributed by atoms with Crippen LogP contribution in [0.5, 0.6) is 0 Å². The number of hydrogen-bond donors (Lipinski definition) is 2. The number of aromatic nitrogens is 2. The maximum absolute atomic E-state index is 8.06. The summed E-state index contributed by atoms with van der Waals surface area (Å²) in [6.07, 6.45) is 2.21. The molecule has 0 unspecified atom stereocenters. The van der Waals surface area contributed by atoms with E-state index in [0.29, 0.717) is 22.1 Å². The molecular formula is C18H19ClN6.